The van der Waals surface area contributed by atoms with Gasteiger partial charge in [-0.15, -0.1) is 0 Å². The first-order valence-corrected chi connectivity index (χ1v) is 23.7. The highest BCUT2D eigenvalue weighted by Crippen LogP contribution is 2.48. The van der Waals surface area contributed by atoms with Gasteiger partial charge in [-0.3, -0.25) is 0 Å². The molecule has 0 aromatic heterocycles. The maximum absolute atomic E-state index is 14.0. The van der Waals surface area contributed by atoms with Gasteiger partial charge in [0.15, 0.2) is 9.84 Å². The van der Waals surface area contributed by atoms with Crippen molar-refractivity contribution >= 4 is 9.84 Å². The topological polar surface area (TPSA) is 52.6 Å². The highest BCUT2D eigenvalue weighted by molar-refractivity contribution is 7.92. The molecule has 59 heavy (non-hydrogen) atoms. The van der Waals surface area contributed by atoms with Gasteiger partial charge in [0.1, 0.15) is 0 Å². The number of sulfone groups is 1. The second-order valence-electron chi connectivity index (χ2n) is 17.5. The SMILES string of the molecule is COC1c2ccccc2C(OC)C(C/C=C(\C)CC/C=C(\C)CC(/C=C(\C)CC/C=C(\C)CC/C=C(\C)CC/C=C(\C)CCC=C(C)C)S(=O)(=O)c2ccccc2)C1C. The van der Waals surface area contributed by atoms with Gasteiger partial charge in [0, 0.05) is 14.2 Å². The van der Waals surface area contributed by atoms with Gasteiger partial charge in [0.2, 0.25) is 0 Å². The van der Waals surface area contributed by atoms with Crippen LogP contribution in [-0.2, 0) is 19.3 Å². The lowest BCUT2D eigenvalue weighted by Crippen LogP contribution is -2.33. The molecule has 0 radical (unpaired) electrons. The van der Waals surface area contributed by atoms with Crippen LogP contribution in [0, 0.1) is 11.8 Å². The maximum Gasteiger partial charge on any atom is 0.185 e. The Bertz CT molecular complexity index is 1920. The second kappa shape index (κ2) is 26.0. The third-order valence-corrected chi connectivity index (χ3v) is 14.1. The lowest BCUT2D eigenvalue weighted by molar-refractivity contribution is -0.0457. The molecule has 0 saturated heterocycles. The molecule has 0 amide bonds. The summed E-state index contributed by atoms with van der Waals surface area (Å²) in [4.78, 5) is 0.384. The van der Waals surface area contributed by atoms with Crippen molar-refractivity contribution in [2.45, 2.75) is 162 Å². The van der Waals surface area contributed by atoms with Crippen molar-refractivity contribution in [2.75, 3.05) is 14.2 Å². The number of hydrogen-bond acceptors (Lipinski definition) is 4. The predicted octanol–water partition coefficient (Wildman–Crippen LogP) is 15.5. The molecule has 5 unspecified atom stereocenters. The number of allylic oxidation sites excluding steroid dienone is 13. The summed E-state index contributed by atoms with van der Waals surface area (Å²) in [6, 6.07) is 17.5. The van der Waals surface area contributed by atoms with E-state index in [0.29, 0.717) is 23.2 Å². The summed E-state index contributed by atoms with van der Waals surface area (Å²) in [7, 11) is 0.0689. The first kappa shape index (κ1) is 49.8. The minimum absolute atomic E-state index is 0.0332. The molecule has 1 aliphatic carbocycles. The first-order valence-electron chi connectivity index (χ1n) is 22.2. The molecule has 0 heterocycles. The van der Waals surface area contributed by atoms with E-state index < -0.39 is 15.1 Å². The monoisotopic (exact) mass is 823 g/mol. The fourth-order valence-electron chi connectivity index (χ4n) is 8.39. The highest BCUT2D eigenvalue weighted by Gasteiger charge is 2.40. The zero-order chi connectivity index (χ0) is 43.4. The third-order valence-electron chi connectivity index (χ3n) is 12.1. The Morgan fingerprint density at radius 2 is 0.983 bits per heavy atom. The van der Waals surface area contributed by atoms with Crippen LogP contribution in [0.25, 0.3) is 0 Å². The number of methoxy groups -OCH3 is 2. The number of rotatable bonds is 24. The molecule has 5 atom stereocenters. The number of hydrogen-bond donors (Lipinski definition) is 0. The van der Waals surface area contributed by atoms with Gasteiger partial charge in [-0.25, -0.2) is 8.42 Å². The summed E-state index contributed by atoms with van der Waals surface area (Å²) < 4.78 is 40.1. The molecule has 2 aromatic rings. The largest absolute Gasteiger partial charge is 0.376 e. The molecular weight excluding hydrogens is 745 g/mol. The molecule has 0 fully saturated rings. The van der Waals surface area contributed by atoms with Crippen molar-refractivity contribution in [3.8, 4) is 0 Å². The summed E-state index contributed by atoms with van der Waals surface area (Å²) in [5.74, 6) is 0.630. The Hall–Kier alpha value is -3.51. The molecule has 0 saturated carbocycles. The van der Waals surface area contributed by atoms with Crippen molar-refractivity contribution in [1.29, 1.82) is 0 Å². The maximum atomic E-state index is 14.0. The van der Waals surface area contributed by atoms with Gasteiger partial charge in [-0.1, -0.05) is 131 Å². The number of ether oxygens (including phenoxy) is 2. The van der Waals surface area contributed by atoms with Crippen LogP contribution < -0.4 is 0 Å². The average molecular weight is 823 g/mol. The van der Waals surface area contributed by atoms with Crippen LogP contribution in [0.1, 0.15) is 163 Å². The summed E-state index contributed by atoms with van der Waals surface area (Å²) in [6.07, 6.45) is 27.7. The van der Waals surface area contributed by atoms with Crippen molar-refractivity contribution in [1.82, 2.24) is 0 Å². The quantitative estimate of drug-likeness (QED) is 0.0990. The normalized spacial score (nSPS) is 20.4. The van der Waals surface area contributed by atoms with E-state index in [4.69, 9.17) is 9.47 Å². The summed E-state index contributed by atoms with van der Waals surface area (Å²) in [5, 5.41) is -0.609. The molecule has 1 aliphatic rings. The lowest BCUT2D eigenvalue weighted by Gasteiger charge is -2.41. The van der Waals surface area contributed by atoms with E-state index in [9.17, 15) is 8.42 Å². The van der Waals surface area contributed by atoms with E-state index in [0.717, 1.165) is 81.8 Å². The minimum atomic E-state index is -3.55. The van der Waals surface area contributed by atoms with Gasteiger partial charge in [-0.2, -0.15) is 0 Å². The van der Waals surface area contributed by atoms with Crippen LogP contribution in [0.2, 0.25) is 0 Å². The summed E-state index contributed by atoms with van der Waals surface area (Å²) in [6.45, 7) is 19.7. The molecular formula is C54H78O4S. The van der Waals surface area contributed by atoms with Crippen molar-refractivity contribution < 1.29 is 17.9 Å². The Morgan fingerprint density at radius 1 is 0.559 bits per heavy atom. The van der Waals surface area contributed by atoms with E-state index in [1.165, 1.54) is 39.0 Å². The predicted molar refractivity (Wildman–Crippen MR) is 253 cm³/mol. The fourth-order valence-corrected chi connectivity index (χ4v) is 10.2. The molecule has 324 valence electrons. The third kappa shape index (κ3) is 16.8. The van der Waals surface area contributed by atoms with Crippen LogP contribution in [0.15, 0.2) is 141 Å². The smallest absolute Gasteiger partial charge is 0.185 e. The lowest BCUT2D eigenvalue weighted by atomic mass is 9.71. The molecule has 5 heteroatoms. The van der Waals surface area contributed by atoms with E-state index in [1.807, 2.05) is 38.5 Å². The zero-order valence-corrected chi connectivity index (χ0v) is 39.5. The fraction of sp³-hybridized carbons (Fsp3) is 0.519. The van der Waals surface area contributed by atoms with Gasteiger partial charge in [-0.05, 0) is 168 Å². The van der Waals surface area contributed by atoms with E-state index in [1.54, 1.807) is 12.1 Å². The van der Waals surface area contributed by atoms with Crippen LogP contribution in [-0.4, -0.2) is 27.9 Å². The Kier molecular flexibility index (Phi) is 21.9. The molecule has 0 aliphatic heterocycles. The standard InChI is InChI=1S/C54H78O4S/c1-40(2)22-17-23-41(3)24-18-25-42(4)26-19-27-43(5)28-20-30-45(7)38-49(59(55,56)48-32-13-12-14-33-48)39-46(8)31-21-29-44(6)36-37-50-47(9)53(57-10)51-34-15-16-35-52(51)54(50)58-11/h12-16,22,24,26,28,31-36,38,47,49-50,53-54H,17-21,23,25,27,29-30,37,39H2,1-11H3/b41-24+,42-26+,43-28+,44-36+,45-38+,46-31+. The first-order chi connectivity index (χ1) is 28.2. The molecule has 0 bridgehead atoms. The van der Waals surface area contributed by atoms with E-state index >= 15 is 0 Å². The van der Waals surface area contributed by atoms with E-state index in [-0.39, 0.29) is 12.2 Å². The molecule has 0 N–H and O–H groups in total. The van der Waals surface area contributed by atoms with E-state index in [2.05, 4.69) is 123 Å². The Labute approximate surface area is 361 Å². The second-order valence-corrected chi connectivity index (χ2v) is 19.7. The van der Waals surface area contributed by atoms with Gasteiger partial charge >= 0.3 is 0 Å². The van der Waals surface area contributed by atoms with Crippen molar-refractivity contribution in [3.63, 3.8) is 0 Å². The van der Waals surface area contributed by atoms with Crippen LogP contribution in [0.4, 0.5) is 0 Å². The summed E-state index contributed by atoms with van der Waals surface area (Å²) in [5.41, 5.74) is 11.8. The summed E-state index contributed by atoms with van der Waals surface area (Å²) >= 11 is 0. The van der Waals surface area contributed by atoms with Crippen LogP contribution in [0.3, 0.4) is 0 Å². The van der Waals surface area contributed by atoms with Crippen LogP contribution >= 0.6 is 0 Å². The van der Waals surface area contributed by atoms with Crippen molar-refractivity contribution in [2.24, 2.45) is 11.8 Å². The highest BCUT2D eigenvalue weighted by atomic mass is 32.2. The number of benzene rings is 2. The Morgan fingerprint density at radius 3 is 1.47 bits per heavy atom. The van der Waals surface area contributed by atoms with Gasteiger partial charge in [0.25, 0.3) is 0 Å². The molecule has 3 rings (SSSR count). The van der Waals surface area contributed by atoms with Gasteiger partial charge in [0.05, 0.1) is 22.4 Å². The molecule has 2 aromatic carbocycles. The number of fused-ring (bicyclic) bond motifs is 1. The zero-order valence-electron chi connectivity index (χ0n) is 38.7. The van der Waals surface area contributed by atoms with Crippen LogP contribution in [0.5, 0.6) is 0 Å². The Balaban J connectivity index is 1.58. The average Bonchev–Trinajstić information content (AvgIpc) is 3.19. The van der Waals surface area contributed by atoms with Crippen molar-refractivity contribution in [3.05, 3.63) is 147 Å². The minimum Gasteiger partial charge on any atom is -0.376 e. The van der Waals surface area contributed by atoms with Gasteiger partial charge < -0.3 is 9.47 Å². The molecule has 0 spiro atoms. The molecule has 4 nitrogen and oxygen atoms in total.